The van der Waals surface area contributed by atoms with Crippen LogP contribution >= 0.6 is 35.0 Å². The minimum Gasteiger partial charge on any atom is -0.315 e. The van der Waals surface area contributed by atoms with Crippen LogP contribution in [0, 0.1) is 0 Å². The lowest BCUT2D eigenvalue weighted by Crippen LogP contribution is -2.21. The molecular formula is C9H15Cl2N5S. The lowest BCUT2D eigenvalue weighted by atomic mass is 10.5. The molecule has 96 valence electrons. The van der Waals surface area contributed by atoms with E-state index >= 15 is 0 Å². The van der Waals surface area contributed by atoms with E-state index in [1.165, 1.54) is 17.3 Å². The second-order valence-corrected chi connectivity index (χ2v) is 4.93. The number of hydrogen-bond acceptors (Lipinski definition) is 5. The van der Waals surface area contributed by atoms with Crippen molar-refractivity contribution in [2.45, 2.75) is 25.0 Å². The van der Waals surface area contributed by atoms with Gasteiger partial charge in [-0.3, -0.25) is 0 Å². The molecule has 1 aromatic heterocycles. The first kappa shape index (κ1) is 14.8. The average Bonchev–Trinajstić information content (AvgIpc) is 2.79. The van der Waals surface area contributed by atoms with Crippen LogP contribution in [0.5, 0.6) is 0 Å². The molecule has 0 saturated carbocycles. The standard InChI is InChI=1S/C9H15Cl2N5S/c1-2-3-12-4-5-16-9(13-14-15-16)17-7-8(11)6-10/h6,12H,2-5,7H2,1H3. The molecule has 0 unspecified atom stereocenters. The Hall–Kier alpha value is -0.300. The van der Waals surface area contributed by atoms with E-state index in [-0.39, 0.29) is 0 Å². The van der Waals surface area contributed by atoms with Crippen LogP contribution in [-0.2, 0) is 6.54 Å². The quantitative estimate of drug-likeness (QED) is 0.588. The lowest BCUT2D eigenvalue weighted by molar-refractivity contribution is 0.511. The molecule has 0 spiro atoms. The molecule has 1 heterocycles. The van der Waals surface area contributed by atoms with E-state index in [0.717, 1.165) is 31.2 Å². The Labute approximate surface area is 115 Å². The van der Waals surface area contributed by atoms with E-state index in [0.29, 0.717) is 10.8 Å². The van der Waals surface area contributed by atoms with Crippen LogP contribution < -0.4 is 5.32 Å². The maximum absolute atomic E-state index is 5.80. The molecule has 17 heavy (non-hydrogen) atoms. The lowest BCUT2D eigenvalue weighted by Gasteiger charge is -2.04. The molecule has 0 saturated heterocycles. The van der Waals surface area contributed by atoms with Crippen molar-refractivity contribution < 1.29 is 0 Å². The Morgan fingerprint density at radius 3 is 3.06 bits per heavy atom. The Morgan fingerprint density at radius 2 is 2.35 bits per heavy atom. The number of rotatable bonds is 8. The summed E-state index contributed by atoms with van der Waals surface area (Å²) in [5.74, 6) is 0.577. The van der Waals surface area contributed by atoms with Crippen molar-refractivity contribution >= 4 is 35.0 Å². The Bertz CT molecular complexity index is 355. The van der Waals surface area contributed by atoms with Crippen LogP contribution in [0.15, 0.2) is 15.7 Å². The molecule has 0 atom stereocenters. The normalized spacial score (nSPS) is 12.1. The third-order valence-electron chi connectivity index (χ3n) is 1.88. The van der Waals surface area contributed by atoms with E-state index in [1.807, 2.05) is 0 Å². The average molecular weight is 296 g/mol. The van der Waals surface area contributed by atoms with Crippen LogP contribution in [0.3, 0.4) is 0 Å². The van der Waals surface area contributed by atoms with Gasteiger partial charge in [0.15, 0.2) is 0 Å². The van der Waals surface area contributed by atoms with Crippen molar-refractivity contribution in [3.63, 3.8) is 0 Å². The van der Waals surface area contributed by atoms with Gasteiger partial charge < -0.3 is 5.32 Å². The van der Waals surface area contributed by atoms with Gasteiger partial charge in [0.05, 0.1) is 6.54 Å². The summed E-state index contributed by atoms with van der Waals surface area (Å²) in [7, 11) is 0. The zero-order valence-corrected chi connectivity index (χ0v) is 11.9. The molecule has 1 aromatic rings. The largest absolute Gasteiger partial charge is 0.315 e. The number of aromatic nitrogens is 4. The molecule has 5 nitrogen and oxygen atoms in total. The van der Waals surface area contributed by atoms with Crippen LogP contribution in [0.1, 0.15) is 13.3 Å². The third-order valence-corrected chi connectivity index (χ3v) is 3.67. The summed E-state index contributed by atoms with van der Waals surface area (Å²) in [4.78, 5) is 0. The molecular weight excluding hydrogens is 281 g/mol. The zero-order chi connectivity index (χ0) is 12.5. The van der Waals surface area contributed by atoms with Gasteiger partial charge in [-0.15, -0.1) is 5.10 Å². The number of thioether (sulfide) groups is 1. The summed E-state index contributed by atoms with van der Waals surface area (Å²) in [5.41, 5.74) is 1.35. The van der Waals surface area contributed by atoms with Gasteiger partial charge in [-0.05, 0) is 23.4 Å². The first-order chi connectivity index (χ1) is 8.27. The van der Waals surface area contributed by atoms with E-state index < -0.39 is 0 Å². The Kier molecular flexibility index (Phi) is 7.59. The van der Waals surface area contributed by atoms with Crippen molar-refractivity contribution in [2.75, 3.05) is 18.8 Å². The molecule has 0 aliphatic carbocycles. The summed E-state index contributed by atoms with van der Waals surface area (Å²) < 4.78 is 1.76. The second-order valence-electron chi connectivity index (χ2n) is 3.28. The first-order valence-electron chi connectivity index (χ1n) is 5.32. The third kappa shape index (κ3) is 5.72. The van der Waals surface area contributed by atoms with Crippen molar-refractivity contribution in [1.82, 2.24) is 25.5 Å². The first-order valence-corrected chi connectivity index (χ1v) is 7.12. The van der Waals surface area contributed by atoms with E-state index in [4.69, 9.17) is 23.2 Å². The molecule has 0 aliphatic heterocycles. The number of hydrogen-bond donors (Lipinski definition) is 1. The monoisotopic (exact) mass is 295 g/mol. The number of nitrogens with one attached hydrogen (secondary N) is 1. The summed E-state index contributed by atoms with van der Waals surface area (Å²) in [6.07, 6.45) is 1.12. The highest BCUT2D eigenvalue weighted by Crippen LogP contribution is 2.19. The van der Waals surface area contributed by atoms with Crippen LogP contribution in [0.2, 0.25) is 0 Å². The number of halogens is 2. The van der Waals surface area contributed by atoms with Gasteiger partial charge in [-0.2, -0.15) is 0 Å². The summed E-state index contributed by atoms with van der Waals surface area (Å²) in [5, 5.41) is 16.1. The summed E-state index contributed by atoms with van der Waals surface area (Å²) in [6.45, 7) is 4.74. The summed E-state index contributed by atoms with van der Waals surface area (Å²) >= 11 is 12.7. The number of nitrogens with zero attached hydrogens (tertiary/aromatic N) is 4. The van der Waals surface area contributed by atoms with Crippen LogP contribution in [0.4, 0.5) is 0 Å². The topological polar surface area (TPSA) is 55.6 Å². The molecule has 1 N–H and O–H groups in total. The molecule has 0 aliphatic rings. The van der Waals surface area contributed by atoms with E-state index in [9.17, 15) is 0 Å². The molecule has 0 fully saturated rings. The van der Waals surface area contributed by atoms with Crippen molar-refractivity contribution in [3.05, 3.63) is 10.6 Å². The van der Waals surface area contributed by atoms with Crippen molar-refractivity contribution in [2.24, 2.45) is 0 Å². The van der Waals surface area contributed by atoms with Gasteiger partial charge >= 0.3 is 0 Å². The molecule has 1 rings (SSSR count). The predicted octanol–water partition coefficient (Wildman–Crippen LogP) is 2.08. The molecule has 0 bridgehead atoms. The molecule has 8 heteroatoms. The Balaban J connectivity index is 2.37. The van der Waals surface area contributed by atoms with Crippen molar-refractivity contribution in [3.8, 4) is 0 Å². The molecule has 0 radical (unpaired) electrons. The SMILES string of the molecule is CCCNCCn1nnnc1SCC(Cl)=CCl. The highest BCUT2D eigenvalue weighted by atomic mass is 35.5. The zero-order valence-electron chi connectivity index (χ0n) is 9.57. The highest BCUT2D eigenvalue weighted by Gasteiger charge is 2.06. The molecule has 0 aromatic carbocycles. The van der Waals surface area contributed by atoms with Gasteiger partial charge in [0.1, 0.15) is 0 Å². The fourth-order valence-corrected chi connectivity index (χ4v) is 2.15. The van der Waals surface area contributed by atoms with Gasteiger partial charge in [0.2, 0.25) is 5.16 Å². The minimum atomic E-state index is 0.577. The number of tetrazole rings is 1. The molecule has 0 amide bonds. The summed E-state index contributed by atoms with van der Waals surface area (Å²) in [6, 6.07) is 0. The minimum absolute atomic E-state index is 0.577. The van der Waals surface area contributed by atoms with Crippen LogP contribution in [-0.4, -0.2) is 39.0 Å². The fourth-order valence-electron chi connectivity index (χ4n) is 1.09. The van der Waals surface area contributed by atoms with E-state index in [1.54, 1.807) is 4.68 Å². The van der Waals surface area contributed by atoms with Gasteiger partial charge in [-0.25, -0.2) is 4.68 Å². The fraction of sp³-hybridized carbons (Fsp3) is 0.667. The van der Waals surface area contributed by atoms with Gasteiger partial charge in [-0.1, -0.05) is 41.9 Å². The van der Waals surface area contributed by atoms with Crippen molar-refractivity contribution in [1.29, 1.82) is 0 Å². The maximum atomic E-state index is 5.80. The smallest absolute Gasteiger partial charge is 0.209 e. The van der Waals surface area contributed by atoms with Gasteiger partial charge in [0, 0.05) is 22.9 Å². The Morgan fingerprint density at radius 1 is 1.53 bits per heavy atom. The van der Waals surface area contributed by atoms with Gasteiger partial charge in [0.25, 0.3) is 0 Å². The van der Waals surface area contributed by atoms with E-state index in [2.05, 4.69) is 27.8 Å². The predicted molar refractivity (Wildman–Crippen MR) is 71.5 cm³/mol. The second kappa shape index (κ2) is 8.74. The maximum Gasteiger partial charge on any atom is 0.209 e. The van der Waals surface area contributed by atoms with Crippen LogP contribution in [0.25, 0.3) is 0 Å². The highest BCUT2D eigenvalue weighted by molar-refractivity contribution is 7.99.